The highest BCUT2D eigenvalue weighted by molar-refractivity contribution is 8.00. The van der Waals surface area contributed by atoms with Crippen LogP contribution in [-0.2, 0) is 16.1 Å². The number of benzene rings is 1. The Morgan fingerprint density at radius 2 is 2.12 bits per heavy atom. The molecule has 0 aliphatic heterocycles. The van der Waals surface area contributed by atoms with Gasteiger partial charge in [0, 0.05) is 4.90 Å². The summed E-state index contributed by atoms with van der Waals surface area (Å²) in [6.45, 7) is -0.223. The molecule has 2 aromatic heterocycles. The van der Waals surface area contributed by atoms with E-state index in [-0.39, 0.29) is 29.0 Å². The number of ether oxygens (including phenoxy) is 1. The van der Waals surface area contributed by atoms with Gasteiger partial charge < -0.3 is 13.6 Å². The number of rotatable bonds is 6. The first-order valence-electron chi connectivity index (χ1n) is 6.71. The number of esters is 1. The molecular weight excluding hydrogens is 342 g/mol. The molecule has 0 aliphatic rings. The van der Waals surface area contributed by atoms with Crippen molar-refractivity contribution in [1.29, 1.82) is 0 Å². The van der Waals surface area contributed by atoms with E-state index in [0.29, 0.717) is 5.76 Å². The van der Waals surface area contributed by atoms with E-state index in [1.54, 1.807) is 12.1 Å². The zero-order valence-electron chi connectivity index (χ0n) is 12.1. The summed E-state index contributed by atoms with van der Waals surface area (Å²) in [5.74, 6) is -1.32. The predicted octanol–water partition coefficient (Wildman–Crippen LogP) is 3.44. The van der Waals surface area contributed by atoms with Crippen molar-refractivity contribution < 1.29 is 27.1 Å². The van der Waals surface area contributed by atoms with Crippen LogP contribution in [-0.4, -0.2) is 21.9 Å². The lowest BCUT2D eigenvalue weighted by Crippen LogP contribution is -2.07. The fourth-order valence-electron chi connectivity index (χ4n) is 1.72. The van der Waals surface area contributed by atoms with E-state index in [2.05, 4.69) is 10.2 Å². The van der Waals surface area contributed by atoms with Crippen LogP contribution >= 0.6 is 11.8 Å². The average molecular weight is 352 g/mol. The third kappa shape index (κ3) is 3.99. The topological polar surface area (TPSA) is 78.4 Å². The number of carbonyl (C=O) groups excluding carboxylic acids is 1. The lowest BCUT2D eigenvalue weighted by Gasteiger charge is -2.03. The molecular formula is C15H10F2N2O4S. The van der Waals surface area contributed by atoms with Gasteiger partial charge in [0.15, 0.2) is 12.4 Å². The molecule has 0 aliphatic carbocycles. The molecule has 0 amide bonds. The van der Waals surface area contributed by atoms with Gasteiger partial charge in [0.25, 0.3) is 11.8 Å². The summed E-state index contributed by atoms with van der Waals surface area (Å²) >= 11 is 0.837. The second-order valence-corrected chi connectivity index (χ2v) is 5.52. The Labute approximate surface area is 138 Å². The maximum atomic E-state index is 13.4. The van der Waals surface area contributed by atoms with Crippen LogP contribution in [0.4, 0.5) is 8.78 Å². The van der Waals surface area contributed by atoms with Crippen LogP contribution in [0.15, 0.2) is 50.3 Å². The summed E-state index contributed by atoms with van der Waals surface area (Å²) in [6.07, 6.45) is 1.46. The second kappa shape index (κ2) is 7.26. The number of aromatic nitrogens is 2. The summed E-state index contributed by atoms with van der Waals surface area (Å²) in [5.41, 5.74) is 0. The van der Waals surface area contributed by atoms with Crippen LogP contribution < -0.4 is 0 Å². The SMILES string of the molecule is O=C(CSc1cc(F)ccc1F)OCc1nnc(-c2ccco2)o1. The van der Waals surface area contributed by atoms with Gasteiger partial charge in [-0.25, -0.2) is 8.78 Å². The van der Waals surface area contributed by atoms with Gasteiger partial charge in [0.1, 0.15) is 11.6 Å². The molecule has 0 saturated heterocycles. The van der Waals surface area contributed by atoms with Crippen molar-refractivity contribution in [3.8, 4) is 11.7 Å². The van der Waals surface area contributed by atoms with Crippen molar-refractivity contribution in [2.75, 3.05) is 5.75 Å². The lowest BCUT2D eigenvalue weighted by molar-refractivity contribution is -0.142. The fraction of sp³-hybridized carbons (Fsp3) is 0.133. The van der Waals surface area contributed by atoms with Crippen molar-refractivity contribution in [2.45, 2.75) is 11.5 Å². The standard InChI is InChI=1S/C15H10F2N2O4S/c16-9-3-4-10(17)12(6-9)24-8-14(20)22-7-13-18-19-15(23-13)11-2-1-5-21-11/h1-6H,7-8H2. The molecule has 124 valence electrons. The van der Waals surface area contributed by atoms with Gasteiger partial charge in [0.2, 0.25) is 0 Å². The van der Waals surface area contributed by atoms with Crippen LogP contribution in [0.1, 0.15) is 5.89 Å². The Balaban J connectivity index is 1.50. The highest BCUT2D eigenvalue weighted by Gasteiger charge is 2.13. The molecule has 3 rings (SSSR count). The number of hydrogen-bond donors (Lipinski definition) is 0. The Morgan fingerprint density at radius 3 is 2.92 bits per heavy atom. The minimum Gasteiger partial charge on any atom is -0.459 e. The zero-order chi connectivity index (χ0) is 16.9. The third-order valence-corrected chi connectivity index (χ3v) is 3.80. The molecule has 2 heterocycles. The molecule has 9 heteroatoms. The maximum Gasteiger partial charge on any atom is 0.316 e. The molecule has 24 heavy (non-hydrogen) atoms. The van der Waals surface area contributed by atoms with Crippen molar-refractivity contribution in [2.24, 2.45) is 0 Å². The van der Waals surface area contributed by atoms with Crippen molar-refractivity contribution in [1.82, 2.24) is 10.2 Å². The number of nitrogens with zero attached hydrogens (tertiary/aromatic N) is 2. The number of furan rings is 1. The zero-order valence-corrected chi connectivity index (χ0v) is 12.9. The summed E-state index contributed by atoms with van der Waals surface area (Å²) in [7, 11) is 0. The van der Waals surface area contributed by atoms with E-state index < -0.39 is 17.6 Å². The van der Waals surface area contributed by atoms with E-state index in [1.165, 1.54) is 6.26 Å². The predicted molar refractivity (Wildman–Crippen MR) is 78.9 cm³/mol. The molecule has 0 N–H and O–H groups in total. The Hall–Kier alpha value is -2.68. The molecule has 0 radical (unpaired) electrons. The van der Waals surface area contributed by atoms with E-state index in [0.717, 1.165) is 30.0 Å². The van der Waals surface area contributed by atoms with Gasteiger partial charge in [-0.2, -0.15) is 0 Å². The molecule has 0 atom stereocenters. The van der Waals surface area contributed by atoms with Crippen molar-refractivity contribution in [3.05, 3.63) is 54.1 Å². The molecule has 3 aromatic rings. The van der Waals surface area contributed by atoms with E-state index in [4.69, 9.17) is 13.6 Å². The molecule has 0 spiro atoms. The molecule has 1 aromatic carbocycles. The summed E-state index contributed by atoms with van der Waals surface area (Å²) < 4.78 is 41.8. The lowest BCUT2D eigenvalue weighted by atomic mass is 10.3. The van der Waals surface area contributed by atoms with Crippen molar-refractivity contribution >= 4 is 17.7 Å². The molecule has 0 bridgehead atoms. The van der Waals surface area contributed by atoms with Crippen LogP contribution in [0.5, 0.6) is 0 Å². The van der Waals surface area contributed by atoms with Crippen LogP contribution in [0.25, 0.3) is 11.7 Å². The smallest absolute Gasteiger partial charge is 0.316 e. The first-order chi connectivity index (χ1) is 11.6. The van der Waals surface area contributed by atoms with Gasteiger partial charge in [-0.1, -0.05) is 0 Å². The van der Waals surface area contributed by atoms with Gasteiger partial charge in [-0.15, -0.1) is 22.0 Å². The summed E-state index contributed by atoms with van der Waals surface area (Å²) in [6, 6.07) is 6.33. The number of carbonyl (C=O) groups is 1. The number of thioether (sulfide) groups is 1. The third-order valence-electron chi connectivity index (χ3n) is 2.79. The quantitative estimate of drug-likeness (QED) is 0.497. The van der Waals surface area contributed by atoms with E-state index in [9.17, 15) is 13.6 Å². The van der Waals surface area contributed by atoms with E-state index >= 15 is 0 Å². The van der Waals surface area contributed by atoms with E-state index in [1.807, 2.05) is 0 Å². The Bertz CT molecular complexity index is 836. The number of hydrogen-bond acceptors (Lipinski definition) is 7. The Morgan fingerprint density at radius 1 is 1.25 bits per heavy atom. The summed E-state index contributed by atoms with van der Waals surface area (Å²) in [5, 5.41) is 7.47. The van der Waals surface area contributed by atoms with Crippen LogP contribution in [0.3, 0.4) is 0 Å². The normalized spacial score (nSPS) is 10.8. The first kappa shape index (κ1) is 16.2. The highest BCUT2D eigenvalue weighted by atomic mass is 32.2. The van der Waals surface area contributed by atoms with Gasteiger partial charge in [-0.3, -0.25) is 4.79 Å². The molecule has 6 nitrogen and oxygen atoms in total. The summed E-state index contributed by atoms with van der Waals surface area (Å²) in [4.78, 5) is 11.7. The second-order valence-electron chi connectivity index (χ2n) is 4.50. The van der Waals surface area contributed by atoms with Crippen LogP contribution in [0, 0.1) is 11.6 Å². The molecule has 0 fully saturated rings. The fourth-order valence-corrected chi connectivity index (χ4v) is 2.48. The molecule has 0 unspecified atom stereocenters. The van der Waals surface area contributed by atoms with Crippen molar-refractivity contribution in [3.63, 3.8) is 0 Å². The van der Waals surface area contributed by atoms with Crippen LogP contribution in [0.2, 0.25) is 0 Å². The average Bonchev–Trinajstić information content (AvgIpc) is 3.24. The minimum absolute atomic E-state index is 0.0323. The Kier molecular flexibility index (Phi) is 4.90. The van der Waals surface area contributed by atoms with Gasteiger partial charge in [-0.05, 0) is 30.3 Å². The van der Waals surface area contributed by atoms with Gasteiger partial charge in [0.05, 0.1) is 12.0 Å². The monoisotopic (exact) mass is 352 g/mol. The minimum atomic E-state index is -0.624. The number of halogens is 2. The highest BCUT2D eigenvalue weighted by Crippen LogP contribution is 2.23. The molecule has 0 saturated carbocycles. The maximum absolute atomic E-state index is 13.4. The largest absolute Gasteiger partial charge is 0.459 e. The first-order valence-corrected chi connectivity index (χ1v) is 7.70. The van der Waals surface area contributed by atoms with Gasteiger partial charge >= 0.3 is 5.97 Å².